The van der Waals surface area contributed by atoms with E-state index in [1.54, 1.807) is 0 Å². The molecule has 1 spiro atoms. The van der Waals surface area contributed by atoms with Crippen molar-refractivity contribution in [1.29, 1.82) is 0 Å². The van der Waals surface area contributed by atoms with Crippen molar-refractivity contribution in [1.82, 2.24) is 0 Å². The molecule has 2 nitrogen and oxygen atoms in total. The Labute approximate surface area is 347 Å². The number of ether oxygens (including phenoxy) is 1. The first-order valence-corrected chi connectivity index (χ1v) is 20.7. The summed E-state index contributed by atoms with van der Waals surface area (Å²) in [6, 6.07) is 66.0. The lowest BCUT2D eigenvalue weighted by atomic mass is 9.66. The van der Waals surface area contributed by atoms with E-state index in [1.165, 1.54) is 55.3 Å². The van der Waals surface area contributed by atoms with Gasteiger partial charge < -0.3 is 9.64 Å². The number of benzene rings is 8. The molecule has 2 aliphatic rings. The van der Waals surface area contributed by atoms with Gasteiger partial charge in [0.2, 0.25) is 0 Å². The normalized spacial score (nSPS) is 13.4. The zero-order chi connectivity index (χ0) is 39.9. The molecule has 1 aliphatic heterocycles. The number of allylic oxidation sites excluding steroid dienone is 4. The molecule has 284 valence electrons. The standard InChI is InChI=1S/C57H45NO/c1-4-17-42-21-9-11-23-47(42)39(3)37-45(18-5-2)58(44-32-29-41(30-33-44)40-19-7-6-8-20-40)46-34-35-49-53(38-46)57(52-36-31-43-22-10-12-24-48(43)56(49)52)50-25-13-15-27-54(50)59-55-28-16-14-26-51(55)57/h5-16,18-38H,3-4,17H2,1-2H3/b18-5-,45-37+. The number of aryl methyl sites for hydroxylation is 1. The molecular formula is C57H45NO. The summed E-state index contributed by atoms with van der Waals surface area (Å²) < 4.78 is 6.72. The van der Waals surface area contributed by atoms with Gasteiger partial charge in [-0.15, -0.1) is 0 Å². The molecule has 8 aromatic rings. The highest BCUT2D eigenvalue weighted by atomic mass is 16.5. The Kier molecular flexibility index (Phi) is 9.19. The summed E-state index contributed by atoms with van der Waals surface area (Å²) in [5.41, 5.74) is 15.7. The summed E-state index contributed by atoms with van der Waals surface area (Å²) in [6.07, 6.45) is 8.67. The molecule has 1 aliphatic carbocycles. The Morgan fingerprint density at radius 3 is 2.00 bits per heavy atom. The number of fused-ring (bicyclic) bond motifs is 11. The summed E-state index contributed by atoms with van der Waals surface area (Å²) in [5, 5.41) is 2.48. The van der Waals surface area contributed by atoms with Crippen LogP contribution in [0.1, 0.15) is 53.6 Å². The maximum atomic E-state index is 6.72. The Balaban J connectivity index is 1.24. The monoisotopic (exact) mass is 759 g/mol. The van der Waals surface area contributed by atoms with E-state index in [0.717, 1.165) is 58.1 Å². The van der Waals surface area contributed by atoms with Gasteiger partial charge >= 0.3 is 0 Å². The first-order valence-electron chi connectivity index (χ1n) is 20.7. The lowest BCUT2D eigenvalue weighted by Crippen LogP contribution is -2.32. The maximum Gasteiger partial charge on any atom is 0.132 e. The van der Waals surface area contributed by atoms with Gasteiger partial charge in [0.05, 0.1) is 5.41 Å². The summed E-state index contributed by atoms with van der Waals surface area (Å²) in [5.74, 6) is 1.77. The fourth-order valence-electron chi connectivity index (χ4n) is 9.61. The van der Waals surface area contributed by atoms with E-state index in [4.69, 9.17) is 11.3 Å². The molecule has 59 heavy (non-hydrogen) atoms. The van der Waals surface area contributed by atoms with Crippen LogP contribution < -0.4 is 9.64 Å². The number of anilines is 2. The smallest absolute Gasteiger partial charge is 0.132 e. The van der Waals surface area contributed by atoms with Gasteiger partial charge in [-0.25, -0.2) is 0 Å². The van der Waals surface area contributed by atoms with Gasteiger partial charge in [0, 0.05) is 28.2 Å². The van der Waals surface area contributed by atoms with E-state index in [1.807, 2.05) is 0 Å². The van der Waals surface area contributed by atoms with E-state index in [0.29, 0.717) is 0 Å². The van der Waals surface area contributed by atoms with Gasteiger partial charge in [-0.1, -0.05) is 172 Å². The van der Waals surface area contributed by atoms with Crippen molar-refractivity contribution in [3.05, 3.63) is 246 Å². The van der Waals surface area contributed by atoms with E-state index in [9.17, 15) is 0 Å². The highest BCUT2D eigenvalue weighted by Gasteiger charge is 2.51. The minimum atomic E-state index is -0.619. The molecule has 0 bridgehead atoms. The van der Waals surface area contributed by atoms with Crippen LogP contribution in [0.2, 0.25) is 0 Å². The highest BCUT2D eigenvalue weighted by molar-refractivity contribution is 6.05. The molecular weight excluding hydrogens is 715 g/mol. The molecule has 8 aromatic carbocycles. The van der Waals surface area contributed by atoms with Crippen LogP contribution in [-0.2, 0) is 11.8 Å². The molecule has 0 aromatic heterocycles. The van der Waals surface area contributed by atoms with E-state index < -0.39 is 5.41 Å². The predicted octanol–water partition coefficient (Wildman–Crippen LogP) is 15.2. The SMILES string of the molecule is C=C(/C=C(\C=C/C)N(c1ccc(-c2ccccc2)cc1)c1ccc2c(c1)C1(c3ccccc3Oc3ccccc31)c1ccc3ccccc3c1-2)c1ccccc1CCC. The van der Waals surface area contributed by atoms with Crippen molar-refractivity contribution in [2.75, 3.05) is 4.90 Å². The van der Waals surface area contributed by atoms with Crippen molar-refractivity contribution in [2.45, 2.75) is 32.1 Å². The minimum Gasteiger partial charge on any atom is -0.457 e. The van der Waals surface area contributed by atoms with Crippen molar-refractivity contribution in [3.63, 3.8) is 0 Å². The van der Waals surface area contributed by atoms with Crippen LogP contribution in [0.5, 0.6) is 11.5 Å². The van der Waals surface area contributed by atoms with Crippen LogP contribution in [0, 0.1) is 0 Å². The molecule has 0 atom stereocenters. The maximum absolute atomic E-state index is 6.72. The molecule has 0 amide bonds. The number of rotatable bonds is 9. The van der Waals surface area contributed by atoms with Gasteiger partial charge in [0.15, 0.2) is 0 Å². The quantitative estimate of drug-likeness (QED) is 0.136. The molecule has 1 heterocycles. The van der Waals surface area contributed by atoms with E-state index in [2.05, 4.69) is 219 Å². The van der Waals surface area contributed by atoms with Crippen molar-refractivity contribution < 1.29 is 4.74 Å². The minimum absolute atomic E-state index is 0.619. The Bertz CT molecular complexity index is 2900. The summed E-state index contributed by atoms with van der Waals surface area (Å²) in [6.45, 7) is 9.02. The zero-order valence-corrected chi connectivity index (χ0v) is 33.5. The fourth-order valence-corrected chi connectivity index (χ4v) is 9.61. The molecule has 10 rings (SSSR count). The van der Waals surface area contributed by atoms with E-state index in [-0.39, 0.29) is 0 Å². The van der Waals surface area contributed by atoms with Gasteiger partial charge in [-0.2, -0.15) is 0 Å². The molecule has 0 unspecified atom stereocenters. The second-order valence-corrected chi connectivity index (χ2v) is 15.5. The summed E-state index contributed by atoms with van der Waals surface area (Å²) >= 11 is 0. The van der Waals surface area contributed by atoms with E-state index >= 15 is 0 Å². The lowest BCUT2D eigenvalue weighted by molar-refractivity contribution is 0.436. The Hall–Kier alpha value is -7.16. The molecule has 0 radical (unpaired) electrons. The lowest BCUT2D eigenvalue weighted by Gasteiger charge is -2.39. The number of hydrogen-bond donors (Lipinski definition) is 0. The van der Waals surface area contributed by atoms with Crippen molar-refractivity contribution in [2.24, 2.45) is 0 Å². The molecule has 0 fully saturated rings. The van der Waals surface area contributed by atoms with Crippen molar-refractivity contribution >= 4 is 27.7 Å². The summed E-state index contributed by atoms with van der Waals surface area (Å²) in [4.78, 5) is 2.40. The average molecular weight is 760 g/mol. The fraction of sp³-hybridized carbons (Fsp3) is 0.0877. The third-order valence-corrected chi connectivity index (χ3v) is 12.1. The largest absolute Gasteiger partial charge is 0.457 e. The Morgan fingerprint density at radius 1 is 0.610 bits per heavy atom. The average Bonchev–Trinajstić information content (AvgIpc) is 3.57. The van der Waals surface area contributed by atoms with Crippen LogP contribution in [0.4, 0.5) is 11.4 Å². The third kappa shape index (κ3) is 5.94. The third-order valence-electron chi connectivity index (χ3n) is 12.1. The molecule has 0 saturated heterocycles. The van der Waals surface area contributed by atoms with Gasteiger partial charge in [0.25, 0.3) is 0 Å². The van der Waals surface area contributed by atoms with Crippen LogP contribution in [0.3, 0.4) is 0 Å². The van der Waals surface area contributed by atoms with Gasteiger partial charge in [0.1, 0.15) is 11.5 Å². The number of para-hydroxylation sites is 2. The predicted molar refractivity (Wildman–Crippen MR) is 248 cm³/mol. The Morgan fingerprint density at radius 2 is 1.25 bits per heavy atom. The van der Waals surface area contributed by atoms with Crippen LogP contribution in [0.15, 0.2) is 212 Å². The van der Waals surface area contributed by atoms with Gasteiger partial charge in [-0.3, -0.25) is 0 Å². The highest BCUT2D eigenvalue weighted by Crippen LogP contribution is 2.63. The zero-order valence-electron chi connectivity index (χ0n) is 33.5. The van der Waals surface area contributed by atoms with Gasteiger partial charge in [-0.05, 0) is 123 Å². The molecule has 0 N–H and O–H groups in total. The van der Waals surface area contributed by atoms with Crippen molar-refractivity contribution in [3.8, 4) is 33.8 Å². The first-order chi connectivity index (χ1) is 29.1. The second kappa shape index (κ2) is 15.0. The second-order valence-electron chi connectivity index (χ2n) is 15.5. The van der Waals surface area contributed by atoms with Crippen LogP contribution in [-0.4, -0.2) is 0 Å². The number of hydrogen-bond acceptors (Lipinski definition) is 2. The first kappa shape index (κ1) is 36.2. The van der Waals surface area contributed by atoms with Crippen LogP contribution in [0.25, 0.3) is 38.6 Å². The molecule has 2 heteroatoms. The topological polar surface area (TPSA) is 12.5 Å². The molecule has 0 saturated carbocycles. The summed E-state index contributed by atoms with van der Waals surface area (Å²) in [7, 11) is 0. The van der Waals surface area contributed by atoms with Crippen LogP contribution >= 0.6 is 0 Å². The number of nitrogens with zero attached hydrogens (tertiary/aromatic N) is 1.